The summed E-state index contributed by atoms with van der Waals surface area (Å²) in [5, 5.41) is 3.49. The van der Waals surface area contributed by atoms with Crippen LogP contribution in [-0.2, 0) is 4.79 Å². The summed E-state index contributed by atoms with van der Waals surface area (Å²) in [6, 6.07) is 13.3. The fourth-order valence-corrected chi connectivity index (χ4v) is 3.50. The van der Waals surface area contributed by atoms with Crippen molar-refractivity contribution in [2.45, 2.75) is 12.1 Å². The molecule has 2 aromatic heterocycles. The zero-order chi connectivity index (χ0) is 20.1. The summed E-state index contributed by atoms with van der Waals surface area (Å²) in [4.78, 5) is 17.5. The van der Waals surface area contributed by atoms with E-state index >= 15 is 0 Å². The average molecular weight is 393 g/mol. The van der Waals surface area contributed by atoms with Gasteiger partial charge in [-0.15, -0.1) is 0 Å². The molecule has 1 N–H and O–H groups in total. The number of piperazine rings is 1. The van der Waals surface area contributed by atoms with Crippen LogP contribution in [0.2, 0.25) is 0 Å². The lowest BCUT2D eigenvalue weighted by Crippen LogP contribution is -2.54. The first-order valence-electron chi connectivity index (χ1n) is 9.47. The van der Waals surface area contributed by atoms with Gasteiger partial charge in [0.05, 0.1) is 31.7 Å². The Kier molecular flexibility index (Phi) is 5.76. The normalized spacial score (nSPS) is 19.0. The van der Waals surface area contributed by atoms with Crippen molar-refractivity contribution in [2.75, 3.05) is 26.8 Å². The maximum absolute atomic E-state index is 11.7. The van der Waals surface area contributed by atoms with Crippen LogP contribution in [0.5, 0.6) is 11.5 Å². The second kappa shape index (κ2) is 8.79. The molecule has 0 spiro atoms. The van der Waals surface area contributed by atoms with Crippen LogP contribution in [-0.4, -0.2) is 49.1 Å². The molecule has 1 aliphatic rings. The summed E-state index contributed by atoms with van der Waals surface area (Å²) in [5.74, 6) is 2.31. The summed E-state index contributed by atoms with van der Waals surface area (Å²) >= 11 is 0. The molecule has 0 radical (unpaired) electrons. The summed E-state index contributed by atoms with van der Waals surface area (Å²) < 4.78 is 16.8. The van der Waals surface area contributed by atoms with Crippen molar-refractivity contribution in [3.8, 4) is 22.6 Å². The van der Waals surface area contributed by atoms with Gasteiger partial charge in [-0.25, -0.2) is 0 Å². The van der Waals surface area contributed by atoms with E-state index < -0.39 is 0 Å². The highest BCUT2D eigenvalue weighted by molar-refractivity contribution is 5.67. The molecule has 1 amide bonds. The molecule has 0 aliphatic carbocycles. The molecule has 4 rings (SSSR count). The van der Waals surface area contributed by atoms with Crippen LogP contribution in [0, 0.1) is 0 Å². The van der Waals surface area contributed by atoms with E-state index in [0.717, 1.165) is 29.0 Å². The van der Waals surface area contributed by atoms with Crippen LogP contribution >= 0.6 is 0 Å². The number of furan rings is 1. The highest BCUT2D eigenvalue weighted by Gasteiger charge is 2.31. The number of ether oxygens (including phenoxy) is 2. The summed E-state index contributed by atoms with van der Waals surface area (Å²) in [6.45, 7) is 1.50. The maximum Gasteiger partial charge on any atom is 0.210 e. The summed E-state index contributed by atoms with van der Waals surface area (Å²) in [5.41, 5.74) is 2.04. The van der Waals surface area contributed by atoms with Crippen LogP contribution in [0.3, 0.4) is 0 Å². The molecule has 150 valence electrons. The Bertz CT molecular complexity index is 927. The smallest absolute Gasteiger partial charge is 0.210 e. The molecule has 3 aromatic rings. The number of amides is 1. The minimum absolute atomic E-state index is 0.0663. The van der Waals surface area contributed by atoms with Crippen molar-refractivity contribution in [1.82, 2.24) is 15.2 Å². The van der Waals surface area contributed by atoms with Gasteiger partial charge in [-0.2, -0.15) is 0 Å². The monoisotopic (exact) mass is 393 g/mol. The third-order valence-electron chi connectivity index (χ3n) is 5.09. The number of rotatable bonds is 7. The molecule has 1 saturated heterocycles. The molecular formula is C22H23N3O4. The van der Waals surface area contributed by atoms with Crippen LogP contribution in [0.15, 0.2) is 65.5 Å². The lowest BCUT2D eigenvalue weighted by atomic mass is 10.00. The largest absolute Gasteiger partial charge is 0.497 e. The summed E-state index contributed by atoms with van der Waals surface area (Å²) in [6.07, 6.45) is 5.91. The second-order valence-electron chi connectivity index (χ2n) is 6.84. The Morgan fingerprint density at radius 1 is 1.24 bits per heavy atom. The van der Waals surface area contributed by atoms with E-state index in [-0.39, 0.29) is 12.1 Å². The Balaban J connectivity index is 1.45. The lowest BCUT2D eigenvalue weighted by Gasteiger charge is -2.37. The van der Waals surface area contributed by atoms with Crippen LogP contribution in [0.1, 0.15) is 11.8 Å². The highest BCUT2D eigenvalue weighted by atomic mass is 16.5. The fraction of sp³-hybridized carbons (Fsp3) is 0.273. The number of carbonyl (C=O) groups is 1. The molecule has 7 nitrogen and oxygen atoms in total. The molecule has 1 fully saturated rings. The second-order valence-corrected chi connectivity index (χ2v) is 6.84. The van der Waals surface area contributed by atoms with E-state index in [0.29, 0.717) is 25.4 Å². The Morgan fingerprint density at radius 2 is 2.10 bits per heavy atom. The van der Waals surface area contributed by atoms with Crippen LogP contribution in [0.25, 0.3) is 11.1 Å². The number of benzene rings is 1. The average Bonchev–Trinajstić information content (AvgIpc) is 3.28. The first kappa shape index (κ1) is 19.0. The van der Waals surface area contributed by atoms with Gasteiger partial charge in [0.1, 0.15) is 23.9 Å². The third-order valence-corrected chi connectivity index (χ3v) is 5.09. The number of pyridine rings is 1. The minimum atomic E-state index is -0.0954. The van der Waals surface area contributed by atoms with E-state index in [1.54, 1.807) is 30.7 Å². The van der Waals surface area contributed by atoms with Gasteiger partial charge in [0.15, 0.2) is 0 Å². The predicted octanol–water partition coefficient (Wildman–Crippen LogP) is 2.90. The fourth-order valence-electron chi connectivity index (χ4n) is 3.50. The number of methoxy groups -OCH3 is 1. The summed E-state index contributed by atoms with van der Waals surface area (Å²) in [7, 11) is 1.65. The Labute approximate surface area is 169 Å². The molecule has 1 aromatic carbocycles. The zero-order valence-electron chi connectivity index (χ0n) is 16.2. The van der Waals surface area contributed by atoms with E-state index in [1.807, 2.05) is 42.5 Å². The van der Waals surface area contributed by atoms with Crippen molar-refractivity contribution in [3.05, 3.63) is 66.9 Å². The van der Waals surface area contributed by atoms with Gasteiger partial charge in [0.25, 0.3) is 0 Å². The molecule has 0 bridgehead atoms. The van der Waals surface area contributed by atoms with Gasteiger partial charge in [0, 0.05) is 24.8 Å². The minimum Gasteiger partial charge on any atom is -0.497 e. The Hall–Kier alpha value is -3.32. The predicted molar refractivity (Wildman–Crippen MR) is 108 cm³/mol. The zero-order valence-corrected chi connectivity index (χ0v) is 16.2. The topological polar surface area (TPSA) is 76.8 Å². The quantitative estimate of drug-likeness (QED) is 0.622. The molecule has 0 saturated carbocycles. The van der Waals surface area contributed by atoms with Crippen molar-refractivity contribution < 1.29 is 18.7 Å². The molecule has 2 atom stereocenters. The number of hydrogen-bond acceptors (Lipinski definition) is 6. The van der Waals surface area contributed by atoms with Crippen molar-refractivity contribution in [2.24, 2.45) is 0 Å². The van der Waals surface area contributed by atoms with E-state index in [1.165, 1.54) is 0 Å². The Morgan fingerprint density at radius 3 is 2.83 bits per heavy atom. The van der Waals surface area contributed by atoms with Gasteiger partial charge in [-0.1, -0.05) is 12.1 Å². The standard InChI is InChI=1S/C22H23N3O4/c1-27-18-6-4-16(5-7-18)20-8-10-28-22(20)21-13-25(15-26)17(11-24-21)14-29-19-3-2-9-23-12-19/h2-10,12,15,17,21,24H,11,13-14H2,1H3. The van der Waals surface area contributed by atoms with Gasteiger partial charge < -0.3 is 24.1 Å². The molecule has 7 heteroatoms. The molecular weight excluding hydrogens is 370 g/mol. The van der Waals surface area contributed by atoms with Crippen LogP contribution < -0.4 is 14.8 Å². The van der Waals surface area contributed by atoms with Gasteiger partial charge in [-0.05, 0) is 35.9 Å². The highest BCUT2D eigenvalue weighted by Crippen LogP contribution is 2.32. The molecule has 3 heterocycles. The molecule has 2 unspecified atom stereocenters. The van der Waals surface area contributed by atoms with Crippen LogP contribution in [0.4, 0.5) is 0 Å². The lowest BCUT2D eigenvalue weighted by molar-refractivity contribution is -0.122. The molecule has 1 aliphatic heterocycles. The third kappa shape index (κ3) is 4.25. The van der Waals surface area contributed by atoms with E-state index in [9.17, 15) is 4.79 Å². The number of nitrogens with one attached hydrogen (secondary N) is 1. The molecule has 29 heavy (non-hydrogen) atoms. The number of carbonyl (C=O) groups excluding carboxylic acids is 1. The first-order chi connectivity index (χ1) is 14.3. The van der Waals surface area contributed by atoms with E-state index in [2.05, 4.69) is 10.3 Å². The van der Waals surface area contributed by atoms with Crippen molar-refractivity contribution in [3.63, 3.8) is 0 Å². The maximum atomic E-state index is 11.7. The van der Waals surface area contributed by atoms with E-state index in [4.69, 9.17) is 13.9 Å². The van der Waals surface area contributed by atoms with Gasteiger partial charge in [-0.3, -0.25) is 9.78 Å². The van der Waals surface area contributed by atoms with Gasteiger partial charge >= 0.3 is 0 Å². The number of hydrogen-bond donors (Lipinski definition) is 1. The van der Waals surface area contributed by atoms with Gasteiger partial charge in [0.2, 0.25) is 6.41 Å². The van der Waals surface area contributed by atoms with Crippen molar-refractivity contribution in [1.29, 1.82) is 0 Å². The number of nitrogens with zero attached hydrogens (tertiary/aromatic N) is 2. The van der Waals surface area contributed by atoms with Crippen molar-refractivity contribution >= 4 is 6.41 Å². The SMILES string of the molecule is COc1ccc(-c2ccoc2C2CN(C=O)C(COc3cccnc3)CN2)cc1. The number of aromatic nitrogens is 1. The first-order valence-corrected chi connectivity index (χ1v) is 9.47.